The zero-order valence-electron chi connectivity index (χ0n) is 12.6. The number of aliphatic hydroxyl groups is 2. The van der Waals surface area contributed by atoms with Gasteiger partial charge in [0.15, 0.2) is 0 Å². The second-order valence-corrected chi connectivity index (χ2v) is 5.94. The Morgan fingerprint density at radius 2 is 1.76 bits per heavy atom. The molecule has 0 radical (unpaired) electrons. The fraction of sp³-hybridized carbons (Fsp3) is 0.471. The van der Waals surface area contributed by atoms with Crippen LogP contribution in [-0.4, -0.2) is 33.2 Å². The highest BCUT2D eigenvalue weighted by Gasteiger charge is 2.21. The van der Waals surface area contributed by atoms with Gasteiger partial charge in [0.05, 0.1) is 19.4 Å². The third kappa shape index (κ3) is 4.41. The summed E-state index contributed by atoms with van der Waals surface area (Å²) >= 11 is 0. The Morgan fingerprint density at radius 3 is 2.43 bits per heavy atom. The lowest BCUT2D eigenvalue weighted by Gasteiger charge is -2.24. The number of aliphatic hydroxyl groups excluding tert-OH is 2. The summed E-state index contributed by atoms with van der Waals surface area (Å²) in [6.07, 6.45) is 6.74. The maximum absolute atomic E-state index is 9.25. The first-order chi connectivity index (χ1) is 10.2. The minimum Gasteiger partial charge on any atom is -0.396 e. The molecule has 4 nitrogen and oxygen atoms in total. The second-order valence-electron chi connectivity index (χ2n) is 5.94. The van der Waals surface area contributed by atoms with Crippen molar-refractivity contribution < 1.29 is 10.2 Å². The quantitative estimate of drug-likeness (QED) is 0.734. The first-order valence-electron chi connectivity index (χ1n) is 7.46. The Kier molecular flexibility index (Phi) is 5.53. The van der Waals surface area contributed by atoms with Crippen LogP contribution in [0.4, 0.5) is 0 Å². The van der Waals surface area contributed by atoms with Crippen LogP contribution in [0.5, 0.6) is 0 Å². The second kappa shape index (κ2) is 7.38. The van der Waals surface area contributed by atoms with Crippen LogP contribution in [0.2, 0.25) is 0 Å². The first-order valence-corrected chi connectivity index (χ1v) is 7.46. The molecule has 0 aliphatic carbocycles. The predicted molar refractivity (Wildman–Crippen MR) is 83.8 cm³/mol. The van der Waals surface area contributed by atoms with E-state index in [0.717, 1.165) is 31.4 Å². The number of hydrogen-bond acceptors (Lipinski definition) is 3. The van der Waals surface area contributed by atoms with Crippen LogP contribution in [0.3, 0.4) is 0 Å². The number of unbranched alkanes of at least 4 members (excludes halogenated alkanes) is 1. The van der Waals surface area contributed by atoms with Crippen LogP contribution in [0.15, 0.2) is 42.7 Å². The van der Waals surface area contributed by atoms with Gasteiger partial charge in [-0.05, 0) is 18.4 Å². The van der Waals surface area contributed by atoms with Gasteiger partial charge in [0.25, 0.3) is 0 Å². The molecule has 0 aliphatic rings. The van der Waals surface area contributed by atoms with Crippen molar-refractivity contribution in [1.29, 1.82) is 0 Å². The molecule has 114 valence electrons. The molecule has 2 N–H and O–H groups in total. The molecule has 1 aromatic heterocycles. The maximum Gasteiger partial charge on any atom is 0.0568 e. The van der Waals surface area contributed by atoms with E-state index in [-0.39, 0.29) is 18.6 Å². The summed E-state index contributed by atoms with van der Waals surface area (Å²) in [5.41, 5.74) is 1.95. The summed E-state index contributed by atoms with van der Waals surface area (Å²) in [7, 11) is 0. The van der Waals surface area contributed by atoms with Gasteiger partial charge in [-0.3, -0.25) is 4.68 Å². The Labute approximate surface area is 126 Å². The smallest absolute Gasteiger partial charge is 0.0568 e. The molecule has 0 spiro atoms. The first kappa shape index (κ1) is 15.7. The van der Waals surface area contributed by atoms with Crippen molar-refractivity contribution >= 4 is 0 Å². The summed E-state index contributed by atoms with van der Waals surface area (Å²) in [4.78, 5) is 0. The topological polar surface area (TPSA) is 58.3 Å². The lowest BCUT2D eigenvalue weighted by molar-refractivity contribution is 0.0604. The molecule has 0 amide bonds. The molecule has 0 unspecified atom stereocenters. The van der Waals surface area contributed by atoms with E-state index in [1.807, 2.05) is 36.0 Å². The highest BCUT2D eigenvalue weighted by Crippen LogP contribution is 2.23. The molecule has 1 heterocycles. The maximum atomic E-state index is 9.25. The SMILES string of the molecule is CC(CO)(CO)CCCCn1cc(-c2ccccc2)cn1. The average Bonchev–Trinajstić information content (AvgIpc) is 3.01. The number of hydrogen-bond donors (Lipinski definition) is 2. The van der Waals surface area contributed by atoms with E-state index >= 15 is 0 Å². The van der Waals surface area contributed by atoms with E-state index < -0.39 is 0 Å². The Morgan fingerprint density at radius 1 is 1.05 bits per heavy atom. The van der Waals surface area contributed by atoms with Crippen LogP contribution >= 0.6 is 0 Å². The average molecular weight is 288 g/mol. The van der Waals surface area contributed by atoms with Gasteiger partial charge in [-0.2, -0.15) is 5.10 Å². The van der Waals surface area contributed by atoms with Gasteiger partial charge in [0.1, 0.15) is 0 Å². The normalized spacial score (nSPS) is 11.8. The van der Waals surface area contributed by atoms with E-state index in [4.69, 9.17) is 0 Å². The van der Waals surface area contributed by atoms with E-state index in [9.17, 15) is 10.2 Å². The molecule has 1 aromatic carbocycles. The molecular formula is C17H24N2O2. The standard InChI is InChI=1S/C17H24N2O2/c1-17(13-20,14-21)9-5-6-10-19-12-16(11-18-19)15-7-3-2-4-8-15/h2-4,7-8,11-12,20-21H,5-6,9-10,13-14H2,1H3. The Hall–Kier alpha value is -1.65. The van der Waals surface area contributed by atoms with Crippen LogP contribution in [-0.2, 0) is 6.54 Å². The fourth-order valence-electron chi connectivity index (χ4n) is 2.30. The van der Waals surface area contributed by atoms with Crippen molar-refractivity contribution in [3.63, 3.8) is 0 Å². The van der Waals surface area contributed by atoms with Gasteiger partial charge in [-0.25, -0.2) is 0 Å². The summed E-state index contributed by atoms with van der Waals surface area (Å²) in [5, 5.41) is 22.9. The molecule has 4 heteroatoms. The van der Waals surface area contributed by atoms with Crippen molar-refractivity contribution in [3.8, 4) is 11.1 Å². The van der Waals surface area contributed by atoms with Crippen molar-refractivity contribution in [2.75, 3.05) is 13.2 Å². The van der Waals surface area contributed by atoms with Crippen LogP contribution in [0.1, 0.15) is 26.2 Å². The molecule has 0 aliphatic heterocycles. The minimum atomic E-state index is -0.362. The summed E-state index contributed by atoms with van der Waals surface area (Å²) in [5.74, 6) is 0. The van der Waals surface area contributed by atoms with E-state index in [0.29, 0.717) is 0 Å². The van der Waals surface area contributed by atoms with Gasteiger partial charge >= 0.3 is 0 Å². The van der Waals surface area contributed by atoms with Crippen molar-refractivity contribution in [2.45, 2.75) is 32.7 Å². The molecule has 0 bridgehead atoms. The van der Waals surface area contributed by atoms with Crippen LogP contribution in [0.25, 0.3) is 11.1 Å². The summed E-state index contributed by atoms with van der Waals surface area (Å²) in [6.45, 7) is 2.83. The lowest BCUT2D eigenvalue weighted by atomic mass is 9.87. The van der Waals surface area contributed by atoms with Crippen molar-refractivity contribution in [3.05, 3.63) is 42.7 Å². The fourth-order valence-corrected chi connectivity index (χ4v) is 2.30. The molecule has 2 aromatic rings. The van der Waals surface area contributed by atoms with Gasteiger partial charge in [-0.1, -0.05) is 43.7 Å². The molecule has 0 atom stereocenters. The molecule has 0 saturated heterocycles. The van der Waals surface area contributed by atoms with E-state index in [2.05, 4.69) is 23.4 Å². The van der Waals surface area contributed by atoms with Crippen LogP contribution in [0, 0.1) is 5.41 Å². The Balaban J connectivity index is 1.81. The molecule has 0 fully saturated rings. The minimum absolute atomic E-state index is 0.0312. The molecule has 0 saturated carbocycles. The summed E-state index contributed by atoms with van der Waals surface area (Å²) in [6, 6.07) is 10.2. The van der Waals surface area contributed by atoms with Crippen LogP contribution < -0.4 is 0 Å². The van der Waals surface area contributed by atoms with Gasteiger partial charge in [0, 0.05) is 23.7 Å². The lowest BCUT2D eigenvalue weighted by Crippen LogP contribution is -2.25. The monoisotopic (exact) mass is 288 g/mol. The number of nitrogens with zero attached hydrogens (tertiary/aromatic N) is 2. The number of rotatable bonds is 8. The van der Waals surface area contributed by atoms with Gasteiger partial charge in [0.2, 0.25) is 0 Å². The Bertz CT molecular complexity index is 533. The zero-order chi connectivity index (χ0) is 15.1. The molecule has 2 rings (SSSR count). The van der Waals surface area contributed by atoms with Crippen molar-refractivity contribution in [2.24, 2.45) is 5.41 Å². The van der Waals surface area contributed by atoms with Gasteiger partial charge in [-0.15, -0.1) is 0 Å². The zero-order valence-corrected chi connectivity index (χ0v) is 12.6. The van der Waals surface area contributed by atoms with E-state index in [1.165, 1.54) is 5.56 Å². The predicted octanol–water partition coefficient (Wildman–Crippen LogP) is 2.71. The molecular weight excluding hydrogens is 264 g/mol. The summed E-state index contributed by atoms with van der Waals surface area (Å²) < 4.78 is 1.96. The highest BCUT2D eigenvalue weighted by atomic mass is 16.3. The third-order valence-electron chi connectivity index (χ3n) is 3.92. The number of aromatic nitrogens is 2. The van der Waals surface area contributed by atoms with Gasteiger partial charge < -0.3 is 10.2 Å². The largest absolute Gasteiger partial charge is 0.396 e. The number of benzene rings is 1. The third-order valence-corrected chi connectivity index (χ3v) is 3.92. The van der Waals surface area contributed by atoms with Crippen molar-refractivity contribution in [1.82, 2.24) is 9.78 Å². The van der Waals surface area contributed by atoms with E-state index in [1.54, 1.807) is 0 Å². The number of aryl methyl sites for hydroxylation is 1. The molecule has 21 heavy (non-hydrogen) atoms. The highest BCUT2D eigenvalue weighted by molar-refractivity contribution is 5.61.